The molecule has 4 aromatic rings. The molecule has 0 N–H and O–H groups in total. The van der Waals surface area contributed by atoms with E-state index in [1.54, 1.807) is 28.9 Å². The van der Waals surface area contributed by atoms with Crippen LogP contribution in [0.4, 0.5) is 0 Å². The van der Waals surface area contributed by atoms with Crippen LogP contribution in [0.5, 0.6) is 0 Å². The summed E-state index contributed by atoms with van der Waals surface area (Å²) in [6, 6.07) is 7.84. The zero-order chi connectivity index (χ0) is 15.1. The summed E-state index contributed by atoms with van der Waals surface area (Å²) in [5.41, 5.74) is 2.70. The van der Waals surface area contributed by atoms with Crippen LogP contribution in [0.25, 0.3) is 15.2 Å². The van der Waals surface area contributed by atoms with Crippen molar-refractivity contribution in [3.63, 3.8) is 0 Å². The van der Waals surface area contributed by atoms with Crippen molar-refractivity contribution in [2.24, 2.45) is 0 Å². The summed E-state index contributed by atoms with van der Waals surface area (Å²) in [7, 11) is 0. The molecule has 0 amide bonds. The quantitative estimate of drug-likeness (QED) is 0.527. The number of hydrogen-bond donors (Lipinski definition) is 0. The molecule has 0 radical (unpaired) electrons. The van der Waals surface area contributed by atoms with Gasteiger partial charge in [-0.05, 0) is 24.4 Å². The third-order valence-corrected chi connectivity index (χ3v) is 5.45. The maximum Gasteiger partial charge on any atom is 0.339 e. The first-order valence-electron chi connectivity index (χ1n) is 6.79. The van der Waals surface area contributed by atoms with Crippen LogP contribution in [0.2, 0.25) is 0 Å². The van der Waals surface area contributed by atoms with Gasteiger partial charge in [0.2, 0.25) is 0 Å². The van der Waals surface area contributed by atoms with Crippen molar-refractivity contribution < 1.29 is 9.53 Å². The molecule has 0 spiro atoms. The minimum Gasteiger partial charge on any atom is -0.457 e. The van der Waals surface area contributed by atoms with Crippen LogP contribution >= 0.6 is 22.7 Å². The van der Waals surface area contributed by atoms with Gasteiger partial charge in [0.1, 0.15) is 6.61 Å². The van der Waals surface area contributed by atoms with E-state index in [9.17, 15) is 4.79 Å². The van der Waals surface area contributed by atoms with Crippen molar-refractivity contribution in [1.82, 2.24) is 9.38 Å². The largest absolute Gasteiger partial charge is 0.457 e. The van der Waals surface area contributed by atoms with Gasteiger partial charge in [-0.1, -0.05) is 23.5 Å². The average Bonchev–Trinajstić information content (AvgIpc) is 3.19. The molecule has 0 fully saturated rings. The highest BCUT2D eigenvalue weighted by Crippen LogP contribution is 2.28. The number of esters is 1. The van der Waals surface area contributed by atoms with Gasteiger partial charge in [-0.15, -0.1) is 11.3 Å². The Morgan fingerprint density at radius 1 is 1.36 bits per heavy atom. The fraction of sp³-hybridized carbons (Fsp3) is 0.125. The predicted octanol–water partition coefficient (Wildman–Crippen LogP) is 4.28. The van der Waals surface area contributed by atoms with E-state index >= 15 is 0 Å². The number of aryl methyl sites for hydroxylation is 1. The minimum absolute atomic E-state index is 0.259. The number of benzene rings is 1. The van der Waals surface area contributed by atoms with Gasteiger partial charge in [-0.25, -0.2) is 9.78 Å². The number of hydrogen-bond acceptors (Lipinski definition) is 5. The summed E-state index contributed by atoms with van der Waals surface area (Å²) < 4.78 is 8.68. The van der Waals surface area contributed by atoms with Gasteiger partial charge in [-0.2, -0.15) is 0 Å². The molecule has 0 aliphatic rings. The Morgan fingerprint density at radius 2 is 2.27 bits per heavy atom. The summed E-state index contributed by atoms with van der Waals surface area (Å²) in [6.07, 6.45) is 3.71. The Morgan fingerprint density at radius 3 is 3.09 bits per heavy atom. The number of imidazole rings is 1. The zero-order valence-corrected chi connectivity index (χ0v) is 13.4. The lowest BCUT2D eigenvalue weighted by atomic mass is 10.2. The highest BCUT2D eigenvalue weighted by atomic mass is 32.1. The molecule has 110 valence electrons. The molecular weight excluding hydrogens is 316 g/mol. The third kappa shape index (κ3) is 2.12. The van der Waals surface area contributed by atoms with Crippen LogP contribution in [-0.4, -0.2) is 15.4 Å². The third-order valence-electron chi connectivity index (χ3n) is 3.57. The van der Waals surface area contributed by atoms with Crippen LogP contribution in [0.3, 0.4) is 0 Å². The van der Waals surface area contributed by atoms with E-state index in [1.807, 2.05) is 41.1 Å². The van der Waals surface area contributed by atoms with Crippen molar-refractivity contribution in [1.29, 1.82) is 0 Å². The average molecular weight is 328 g/mol. The Hall–Kier alpha value is -2.18. The van der Waals surface area contributed by atoms with Gasteiger partial charge in [0.05, 0.1) is 15.8 Å². The van der Waals surface area contributed by atoms with E-state index in [-0.39, 0.29) is 12.6 Å². The molecule has 0 unspecified atom stereocenters. The minimum atomic E-state index is -0.271. The molecule has 0 atom stereocenters. The van der Waals surface area contributed by atoms with Gasteiger partial charge in [-0.3, -0.25) is 4.40 Å². The second-order valence-electron chi connectivity index (χ2n) is 4.91. The molecule has 6 heteroatoms. The molecule has 0 saturated heterocycles. The van der Waals surface area contributed by atoms with Crippen molar-refractivity contribution in [3.05, 3.63) is 58.0 Å². The lowest BCUT2D eigenvalue weighted by Gasteiger charge is -2.06. The topological polar surface area (TPSA) is 43.6 Å². The van der Waals surface area contributed by atoms with Crippen LogP contribution in [0.15, 0.2) is 42.0 Å². The standard InChI is InChI=1S/C16H12N2O2S2/c1-10-12(5-8-21-10)15(19)20-9-11-3-2-4-13-14(11)18-7-6-17-16(18)22-13/h2-8H,9H2,1H3. The summed E-state index contributed by atoms with van der Waals surface area (Å²) in [4.78, 5) is 18.4. The lowest BCUT2D eigenvalue weighted by molar-refractivity contribution is 0.0474. The number of carbonyl (C=O) groups excluding carboxylic acids is 1. The smallest absolute Gasteiger partial charge is 0.339 e. The second kappa shape index (κ2) is 5.23. The van der Waals surface area contributed by atoms with Crippen LogP contribution in [-0.2, 0) is 11.3 Å². The van der Waals surface area contributed by atoms with E-state index in [2.05, 4.69) is 11.1 Å². The number of para-hydroxylation sites is 1. The fourth-order valence-corrected chi connectivity index (χ4v) is 4.21. The molecule has 3 heterocycles. The van der Waals surface area contributed by atoms with Crippen molar-refractivity contribution in [2.45, 2.75) is 13.5 Å². The number of ether oxygens (including phenoxy) is 1. The Kier molecular flexibility index (Phi) is 3.20. The van der Waals surface area contributed by atoms with Crippen molar-refractivity contribution in [3.8, 4) is 0 Å². The first kappa shape index (κ1) is 13.5. The first-order chi connectivity index (χ1) is 10.7. The van der Waals surface area contributed by atoms with E-state index in [1.165, 1.54) is 0 Å². The monoisotopic (exact) mass is 328 g/mol. The number of thiophene rings is 1. The number of rotatable bonds is 3. The maximum absolute atomic E-state index is 12.2. The number of aromatic nitrogens is 2. The number of fused-ring (bicyclic) bond motifs is 3. The summed E-state index contributed by atoms with van der Waals surface area (Å²) >= 11 is 3.18. The first-order valence-corrected chi connectivity index (χ1v) is 8.48. The van der Waals surface area contributed by atoms with Crippen LogP contribution in [0, 0.1) is 6.92 Å². The van der Waals surface area contributed by atoms with Crippen molar-refractivity contribution in [2.75, 3.05) is 0 Å². The molecule has 22 heavy (non-hydrogen) atoms. The normalized spacial score (nSPS) is 11.3. The van der Waals surface area contributed by atoms with Gasteiger partial charge in [0.25, 0.3) is 0 Å². The molecule has 3 aromatic heterocycles. The van der Waals surface area contributed by atoms with Gasteiger partial charge < -0.3 is 4.74 Å². The molecule has 4 rings (SSSR count). The van der Waals surface area contributed by atoms with Crippen LogP contribution < -0.4 is 0 Å². The van der Waals surface area contributed by atoms with Gasteiger partial charge in [0, 0.05) is 22.8 Å². The van der Waals surface area contributed by atoms with Gasteiger partial charge >= 0.3 is 5.97 Å². The molecule has 4 nitrogen and oxygen atoms in total. The molecule has 0 aliphatic heterocycles. The molecular formula is C16H12N2O2S2. The van der Waals surface area contributed by atoms with E-state index in [0.29, 0.717) is 5.56 Å². The molecule has 0 aliphatic carbocycles. The number of carbonyl (C=O) groups is 1. The summed E-state index contributed by atoms with van der Waals surface area (Å²) in [5.74, 6) is -0.271. The molecule has 0 saturated carbocycles. The Labute approximate surface area is 134 Å². The number of nitrogens with zero attached hydrogens (tertiary/aromatic N) is 2. The maximum atomic E-state index is 12.2. The van der Waals surface area contributed by atoms with Crippen molar-refractivity contribution >= 4 is 43.8 Å². The van der Waals surface area contributed by atoms with Gasteiger partial charge in [0.15, 0.2) is 4.96 Å². The molecule has 0 bridgehead atoms. The van der Waals surface area contributed by atoms with Crippen LogP contribution in [0.1, 0.15) is 20.8 Å². The SMILES string of the molecule is Cc1sccc1C(=O)OCc1cccc2sc3nccn3c12. The predicted molar refractivity (Wildman–Crippen MR) is 88.8 cm³/mol. The zero-order valence-electron chi connectivity index (χ0n) is 11.8. The van der Waals surface area contributed by atoms with E-state index < -0.39 is 0 Å². The Balaban J connectivity index is 1.67. The summed E-state index contributed by atoms with van der Waals surface area (Å²) in [5, 5.41) is 1.90. The highest BCUT2D eigenvalue weighted by molar-refractivity contribution is 7.23. The lowest BCUT2D eigenvalue weighted by Crippen LogP contribution is -2.05. The fourth-order valence-electron chi connectivity index (χ4n) is 2.49. The second-order valence-corrected chi connectivity index (χ2v) is 7.04. The number of thiazole rings is 1. The Bertz CT molecular complexity index is 980. The molecule has 1 aromatic carbocycles. The van der Waals surface area contributed by atoms with E-state index in [4.69, 9.17) is 4.74 Å². The van der Waals surface area contributed by atoms with E-state index in [0.717, 1.165) is 25.6 Å². The highest BCUT2D eigenvalue weighted by Gasteiger charge is 2.14. The summed E-state index contributed by atoms with van der Waals surface area (Å²) in [6.45, 7) is 2.19.